The van der Waals surface area contributed by atoms with Gasteiger partial charge in [0.05, 0.1) is 16.6 Å². The molecule has 0 radical (unpaired) electrons. The van der Waals surface area contributed by atoms with Crippen LogP contribution < -0.4 is 4.74 Å². The quantitative estimate of drug-likeness (QED) is 0.199. The van der Waals surface area contributed by atoms with E-state index in [0.29, 0.717) is 5.82 Å². The Labute approximate surface area is 278 Å². The highest BCUT2D eigenvalue weighted by Gasteiger charge is 2.51. The maximum atomic E-state index is 6.55. The second-order valence-corrected chi connectivity index (χ2v) is 12.5. The smallest absolute Gasteiger partial charge is 0.160 e. The highest BCUT2D eigenvalue weighted by Crippen LogP contribution is 2.62. The molecule has 3 nitrogen and oxygen atoms in total. The van der Waals surface area contributed by atoms with Gasteiger partial charge in [0.1, 0.15) is 11.5 Å². The number of ether oxygens (including phenoxy) is 1. The number of benzene rings is 7. The zero-order chi connectivity index (χ0) is 31.7. The highest BCUT2D eigenvalue weighted by molar-refractivity contribution is 5.96. The maximum absolute atomic E-state index is 6.55. The third kappa shape index (κ3) is 3.82. The van der Waals surface area contributed by atoms with E-state index in [0.717, 1.165) is 50.3 Å². The van der Waals surface area contributed by atoms with E-state index in [1.807, 2.05) is 12.1 Å². The van der Waals surface area contributed by atoms with Crippen molar-refractivity contribution < 1.29 is 4.74 Å². The third-order valence-corrected chi connectivity index (χ3v) is 9.97. The molecule has 0 amide bonds. The van der Waals surface area contributed by atoms with E-state index in [4.69, 9.17) is 14.7 Å². The first-order valence-corrected chi connectivity index (χ1v) is 16.3. The Morgan fingerprint density at radius 2 is 0.958 bits per heavy atom. The SMILES string of the molecule is c1ccc(-c2ccc(-c3nc(-c4ccc5c(c4)C4(c6ccccc6Oc6ccccc64)c4ccccc4-5)c4ccccc4n3)cc2)cc1. The summed E-state index contributed by atoms with van der Waals surface area (Å²) in [6, 6.07) is 60.0. The molecule has 0 N–H and O–H groups in total. The standard InChI is InChI=1S/C45H28N2O/c1-2-12-29(13-3-1)30-22-24-31(25-23-30)44-46-40-19-9-5-15-35(40)43(47-44)32-26-27-34-33-14-4-6-16-36(33)45(39(34)28-32)37-17-7-10-20-41(37)48-42-21-11-8-18-38(42)45/h1-28H. The average molecular weight is 613 g/mol. The van der Waals surface area contributed by atoms with Gasteiger partial charge < -0.3 is 4.74 Å². The normalized spacial score (nSPS) is 13.3. The molecule has 2 aliphatic rings. The van der Waals surface area contributed by atoms with Crippen molar-refractivity contribution in [2.75, 3.05) is 0 Å². The monoisotopic (exact) mass is 612 g/mol. The summed E-state index contributed by atoms with van der Waals surface area (Å²) in [6.45, 7) is 0. The third-order valence-electron chi connectivity index (χ3n) is 9.97. The van der Waals surface area contributed by atoms with Gasteiger partial charge in [-0.2, -0.15) is 0 Å². The van der Waals surface area contributed by atoms with Crippen LogP contribution in [-0.2, 0) is 5.41 Å². The summed E-state index contributed by atoms with van der Waals surface area (Å²) in [5, 5.41) is 1.03. The summed E-state index contributed by atoms with van der Waals surface area (Å²) in [7, 11) is 0. The van der Waals surface area contributed by atoms with E-state index in [1.165, 1.54) is 33.4 Å². The van der Waals surface area contributed by atoms with E-state index >= 15 is 0 Å². The van der Waals surface area contributed by atoms with Crippen molar-refractivity contribution in [3.8, 4) is 56.4 Å². The van der Waals surface area contributed by atoms with E-state index < -0.39 is 5.41 Å². The van der Waals surface area contributed by atoms with Crippen LogP contribution >= 0.6 is 0 Å². The van der Waals surface area contributed by atoms with Gasteiger partial charge in [0, 0.05) is 27.6 Å². The molecule has 2 heterocycles. The molecule has 1 spiro atoms. The molecule has 8 aromatic rings. The molecule has 1 aliphatic carbocycles. The molecule has 0 saturated carbocycles. The number of hydrogen-bond donors (Lipinski definition) is 0. The van der Waals surface area contributed by atoms with Crippen LogP contribution in [-0.4, -0.2) is 9.97 Å². The van der Waals surface area contributed by atoms with Crippen molar-refractivity contribution in [1.29, 1.82) is 0 Å². The zero-order valence-electron chi connectivity index (χ0n) is 26.0. The fourth-order valence-electron chi connectivity index (χ4n) is 7.87. The molecule has 48 heavy (non-hydrogen) atoms. The molecule has 7 aromatic carbocycles. The van der Waals surface area contributed by atoms with Crippen LogP contribution in [0.15, 0.2) is 170 Å². The van der Waals surface area contributed by atoms with E-state index in [1.54, 1.807) is 0 Å². The lowest BCUT2D eigenvalue weighted by atomic mass is 9.66. The first-order chi connectivity index (χ1) is 23.8. The van der Waals surface area contributed by atoms with Gasteiger partial charge in [-0.1, -0.05) is 146 Å². The Kier molecular flexibility index (Phi) is 5.79. The van der Waals surface area contributed by atoms with Gasteiger partial charge in [-0.25, -0.2) is 9.97 Å². The number of hydrogen-bond acceptors (Lipinski definition) is 3. The van der Waals surface area contributed by atoms with Crippen LogP contribution in [0.2, 0.25) is 0 Å². The number of rotatable bonds is 3. The van der Waals surface area contributed by atoms with Gasteiger partial charge in [-0.05, 0) is 57.6 Å². The molecule has 0 fully saturated rings. The maximum Gasteiger partial charge on any atom is 0.160 e. The predicted octanol–water partition coefficient (Wildman–Crippen LogP) is 11.1. The first-order valence-electron chi connectivity index (χ1n) is 16.3. The van der Waals surface area contributed by atoms with Crippen LogP contribution in [0, 0.1) is 0 Å². The Bertz CT molecular complexity index is 2490. The summed E-state index contributed by atoms with van der Waals surface area (Å²) in [4.78, 5) is 10.4. The summed E-state index contributed by atoms with van der Waals surface area (Å²) in [6.07, 6.45) is 0. The second kappa shape index (κ2) is 10.3. The van der Waals surface area contributed by atoms with E-state index in [9.17, 15) is 0 Å². The number of fused-ring (bicyclic) bond motifs is 10. The fraction of sp³-hybridized carbons (Fsp3) is 0.0222. The molecule has 224 valence electrons. The molecule has 10 rings (SSSR count). The van der Waals surface area contributed by atoms with Crippen LogP contribution in [0.4, 0.5) is 0 Å². The van der Waals surface area contributed by atoms with Gasteiger partial charge >= 0.3 is 0 Å². The largest absolute Gasteiger partial charge is 0.457 e. The number of nitrogens with zero attached hydrogens (tertiary/aromatic N) is 2. The Balaban J connectivity index is 1.21. The van der Waals surface area contributed by atoms with Crippen molar-refractivity contribution in [3.05, 3.63) is 192 Å². The molecule has 0 unspecified atom stereocenters. The van der Waals surface area contributed by atoms with E-state index in [2.05, 4.69) is 158 Å². The Morgan fingerprint density at radius 1 is 0.396 bits per heavy atom. The topological polar surface area (TPSA) is 35.0 Å². The zero-order valence-corrected chi connectivity index (χ0v) is 26.0. The fourth-order valence-corrected chi connectivity index (χ4v) is 7.87. The van der Waals surface area contributed by atoms with Crippen LogP contribution in [0.25, 0.3) is 55.8 Å². The van der Waals surface area contributed by atoms with Gasteiger partial charge in [0.15, 0.2) is 5.82 Å². The van der Waals surface area contributed by atoms with Gasteiger partial charge in [-0.15, -0.1) is 0 Å². The van der Waals surface area contributed by atoms with Crippen molar-refractivity contribution in [1.82, 2.24) is 9.97 Å². The molecule has 3 heteroatoms. The minimum Gasteiger partial charge on any atom is -0.457 e. The first kappa shape index (κ1) is 26.9. The lowest BCUT2D eigenvalue weighted by Crippen LogP contribution is -2.32. The molecule has 0 atom stereocenters. The van der Waals surface area contributed by atoms with Crippen LogP contribution in [0.3, 0.4) is 0 Å². The Morgan fingerprint density at radius 3 is 1.73 bits per heavy atom. The number of para-hydroxylation sites is 3. The second-order valence-electron chi connectivity index (χ2n) is 12.5. The summed E-state index contributed by atoms with van der Waals surface area (Å²) in [5.74, 6) is 2.49. The molecule has 1 aliphatic heterocycles. The van der Waals surface area contributed by atoms with Crippen LogP contribution in [0.5, 0.6) is 11.5 Å². The Hall–Kier alpha value is -6.32. The van der Waals surface area contributed by atoms with Crippen molar-refractivity contribution in [3.63, 3.8) is 0 Å². The van der Waals surface area contributed by atoms with Crippen molar-refractivity contribution in [2.24, 2.45) is 0 Å². The van der Waals surface area contributed by atoms with Crippen LogP contribution in [0.1, 0.15) is 22.3 Å². The predicted molar refractivity (Wildman–Crippen MR) is 193 cm³/mol. The average Bonchev–Trinajstić information content (AvgIpc) is 3.45. The number of aromatic nitrogens is 2. The minimum atomic E-state index is -0.535. The van der Waals surface area contributed by atoms with Crippen molar-refractivity contribution >= 4 is 10.9 Å². The highest BCUT2D eigenvalue weighted by atomic mass is 16.5. The lowest BCUT2D eigenvalue weighted by molar-refractivity contribution is 0.436. The summed E-state index contributed by atoms with van der Waals surface area (Å²) >= 11 is 0. The summed E-state index contributed by atoms with van der Waals surface area (Å²) < 4.78 is 6.55. The van der Waals surface area contributed by atoms with Crippen molar-refractivity contribution in [2.45, 2.75) is 5.41 Å². The van der Waals surface area contributed by atoms with Gasteiger partial charge in [0.2, 0.25) is 0 Å². The lowest BCUT2D eigenvalue weighted by Gasteiger charge is -2.39. The molecule has 0 bridgehead atoms. The minimum absolute atomic E-state index is 0.535. The molecular weight excluding hydrogens is 585 g/mol. The molecule has 0 saturated heterocycles. The molecule has 1 aromatic heterocycles. The van der Waals surface area contributed by atoms with E-state index in [-0.39, 0.29) is 0 Å². The van der Waals surface area contributed by atoms with Gasteiger partial charge in [0.25, 0.3) is 0 Å². The van der Waals surface area contributed by atoms with Gasteiger partial charge in [-0.3, -0.25) is 0 Å². The molecular formula is C45H28N2O. The summed E-state index contributed by atoms with van der Waals surface area (Å²) in [5.41, 5.74) is 13.0.